The fourth-order valence-electron chi connectivity index (χ4n) is 5.17. The van der Waals surface area contributed by atoms with Crippen LogP contribution in [-0.2, 0) is 12.8 Å². The van der Waals surface area contributed by atoms with Crippen LogP contribution in [-0.4, -0.2) is 22.1 Å². The van der Waals surface area contributed by atoms with Gasteiger partial charge in [-0.05, 0) is 61.3 Å². The first kappa shape index (κ1) is 22.2. The fraction of sp³-hybridized carbons (Fsp3) is 0.393. The predicted octanol–water partition coefficient (Wildman–Crippen LogP) is 6.84. The zero-order valence-electron chi connectivity index (χ0n) is 20.3. The molecule has 4 aromatic rings. The Balaban J connectivity index is 1.87. The third-order valence-electron chi connectivity index (χ3n) is 6.58. The van der Waals surface area contributed by atoms with Gasteiger partial charge in [-0.1, -0.05) is 45.9 Å². The van der Waals surface area contributed by atoms with Crippen molar-refractivity contribution in [2.45, 2.75) is 66.2 Å². The van der Waals surface area contributed by atoms with E-state index in [4.69, 9.17) is 14.7 Å². The number of aryl methyl sites for hydroxylation is 2. The Kier molecular flexibility index (Phi) is 6.14. The zero-order valence-corrected chi connectivity index (χ0v) is 20.3. The van der Waals surface area contributed by atoms with Crippen molar-refractivity contribution in [1.29, 1.82) is 0 Å². The molecular weight excluding hydrogens is 394 g/mol. The number of hydrogen-bond donors (Lipinski definition) is 0. The molecule has 32 heavy (non-hydrogen) atoms. The van der Waals surface area contributed by atoms with E-state index in [1.807, 2.05) is 19.3 Å². The Morgan fingerprint density at radius 2 is 1.75 bits per heavy atom. The minimum absolute atomic E-state index is 0.325. The highest BCUT2D eigenvalue weighted by molar-refractivity contribution is 5.88. The number of rotatable bonds is 6. The van der Waals surface area contributed by atoms with Gasteiger partial charge in [-0.25, -0.2) is 4.98 Å². The van der Waals surface area contributed by atoms with Gasteiger partial charge in [0.25, 0.3) is 0 Å². The molecule has 3 heterocycles. The monoisotopic (exact) mass is 427 g/mol. The van der Waals surface area contributed by atoms with Crippen molar-refractivity contribution in [3.05, 3.63) is 70.3 Å². The lowest BCUT2D eigenvalue weighted by molar-refractivity contribution is 0.403. The Bertz CT molecular complexity index is 1290. The van der Waals surface area contributed by atoms with Gasteiger partial charge in [-0.3, -0.25) is 9.97 Å². The summed E-state index contributed by atoms with van der Waals surface area (Å²) in [5, 5.41) is 2.40. The van der Waals surface area contributed by atoms with Crippen LogP contribution < -0.4 is 4.74 Å². The summed E-state index contributed by atoms with van der Waals surface area (Å²) < 4.78 is 5.75. The summed E-state index contributed by atoms with van der Waals surface area (Å²) in [6.45, 7) is 13.2. The molecule has 0 aliphatic rings. The van der Waals surface area contributed by atoms with E-state index in [0.29, 0.717) is 11.8 Å². The Labute approximate surface area is 191 Å². The summed E-state index contributed by atoms with van der Waals surface area (Å²) in [5.74, 6) is 1.59. The lowest BCUT2D eigenvalue weighted by Gasteiger charge is -2.22. The average molecular weight is 428 g/mol. The van der Waals surface area contributed by atoms with Crippen molar-refractivity contribution in [3.63, 3.8) is 0 Å². The van der Waals surface area contributed by atoms with Crippen LogP contribution in [0.25, 0.3) is 21.8 Å². The van der Waals surface area contributed by atoms with Crippen LogP contribution in [0.15, 0.2) is 36.7 Å². The SMILES string of the molecule is CCc1nc2cnccc2c(C(C)Cc2cccc3c(C(C)C)c(OC)c(C)nc23)c1C. The lowest BCUT2D eigenvalue weighted by Crippen LogP contribution is -2.08. The first-order valence-electron chi connectivity index (χ1n) is 11.6. The zero-order chi connectivity index (χ0) is 23.0. The van der Waals surface area contributed by atoms with E-state index < -0.39 is 0 Å². The first-order chi connectivity index (χ1) is 15.4. The summed E-state index contributed by atoms with van der Waals surface area (Å²) in [4.78, 5) is 14.2. The van der Waals surface area contributed by atoms with Crippen LogP contribution >= 0.6 is 0 Å². The number of benzene rings is 1. The quantitative estimate of drug-likeness (QED) is 0.338. The summed E-state index contributed by atoms with van der Waals surface area (Å²) in [6.07, 6.45) is 5.59. The molecule has 0 aliphatic carbocycles. The van der Waals surface area contributed by atoms with Crippen molar-refractivity contribution in [2.75, 3.05) is 7.11 Å². The molecule has 0 saturated heterocycles. The van der Waals surface area contributed by atoms with E-state index in [2.05, 4.69) is 63.9 Å². The molecule has 4 rings (SSSR count). The number of fused-ring (bicyclic) bond motifs is 2. The number of methoxy groups -OCH3 is 1. The number of para-hydroxylation sites is 1. The molecule has 0 amide bonds. The van der Waals surface area contributed by atoms with Crippen molar-refractivity contribution in [2.24, 2.45) is 0 Å². The van der Waals surface area contributed by atoms with Gasteiger partial charge in [0.15, 0.2) is 0 Å². The molecule has 166 valence electrons. The number of hydrogen-bond acceptors (Lipinski definition) is 4. The topological polar surface area (TPSA) is 47.9 Å². The van der Waals surface area contributed by atoms with Crippen LogP contribution in [0.5, 0.6) is 5.75 Å². The van der Waals surface area contributed by atoms with Crippen LogP contribution in [0.2, 0.25) is 0 Å². The predicted molar refractivity (Wildman–Crippen MR) is 133 cm³/mol. The Morgan fingerprint density at radius 3 is 2.44 bits per heavy atom. The Morgan fingerprint density at radius 1 is 0.969 bits per heavy atom. The highest BCUT2D eigenvalue weighted by Gasteiger charge is 2.21. The molecule has 1 unspecified atom stereocenters. The van der Waals surface area contributed by atoms with E-state index in [1.54, 1.807) is 7.11 Å². The smallest absolute Gasteiger partial charge is 0.144 e. The second kappa shape index (κ2) is 8.85. The normalized spacial score (nSPS) is 12.6. The molecule has 0 aliphatic heterocycles. The van der Waals surface area contributed by atoms with Gasteiger partial charge in [0.2, 0.25) is 0 Å². The summed E-state index contributed by atoms with van der Waals surface area (Å²) in [6, 6.07) is 8.67. The molecule has 4 nitrogen and oxygen atoms in total. The van der Waals surface area contributed by atoms with Gasteiger partial charge in [0.05, 0.1) is 30.0 Å². The average Bonchev–Trinajstić information content (AvgIpc) is 2.77. The molecular formula is C28H33N3O. The highest BCUT2D eigenvalue weighted by atomic mass is 16.5. The van der Waals surface area contributed by atoms with E-state index >= 15 is 0 Å². The van der Waals surface area contributed by atoms with Crippen molar-refractivity contribution < 1.29 is 4.74 Å². The van der Waals surface area contributed by atoms with Crippen molar-refractivity contribution in [1.82, 2.24) is 15.0 Å². The van der Waals surface area contributed by atoms with E-state index in [9.17, 15) is 0 Å². The fourth-order valence-corrected chi connectivity index (χ4v) is 5.17. The van der Waals surface area contributed by atoms with Gasteiger partial charge in [-0.15, -0.1) is 0 Å². The highest BCUT2D eigenvalue weighted by Crippen LogP contribution is 2.38. The second-order valence-corrected chi connectivity index (χ2v) is 9.06. The maximum atomic E-state index is 5.75. The maximum absolute atomic E-state index is 5.75. The third-order valence-corrected chi connectivity index (χ3v) is 6.58. The maximum Gasteiger partial charge on any atom is 0.144 e. The van der Waals surface area contributed by atoms with E-state index in [-0.39, 0.29) is 0 Å². The number of nitrogens with zero attached hydrogens (tertiary/aromatic N) is 3. The molecule has 0 N–H and O–H groups in total. The van der Waals surface area contributed by atoms with Gasteiger partial charge < -0.3 is 4.74 Å². The minimum Gasteiger partial charge on any atom is -0.495 e. The van der Waals surface area contributed by atoms with Gasteiger partial charge in [0, 0.05) is 28.2 Å². The first-order valence-corrected chi connectivity index (χ1v) is 11.6. The van der Waals surface area contributed by atoms with Crippen molar-refractivity contribution >= 4 is 21.8 Å². The van der Waals surface area contributed by atoms with Crippen LogP contribution in [0, 0.1) is 13.8 Å². The number of aromatic nitrogens is 3. The molecule has 1 aromatic carbocycles. The lowest BCUT2D eigenvalue weighted by atomic mass is 9.86. The van der Waals surface area contributed by atoms with Crippen LogP contribution in [0.1, 0.15) is 73.2 Å². The number of pyridine rings is 3. The molecule has 3 aromatic heterocycles. The molecule has 0 radical (unpaired) electrons. The van der Waals surface area contributed by atoms with E-state index in [1.165, 1.54) is 33.0 Å². The minimum atomic E-state index is 0.325. The molecule has 1 atom stereocenters. The van der Waals surface area contributed by atoms with Gasteiger partial charge in [-0.2, -0.15) is 0 Å². The molecule has 4 heteroatoms. The summed E-state index contributed by atoms with van der Waals surface area (Å²) in [5.41, 5.74) is 9.38. The Hall–Kier alpha value is -3.01. The molecule has 0 bridgehead atoms. The van der Waals surface area contributed by atoms with Gasteiger partial charge in [0.1, 0.15) is 5.75 Å². The second-order valence-electron chi connectivity index (χ2n) is 9.06. The molecule has 0 fully saturated rings. The van der Waals surface area contributed by atoms with E-state index in [0.717, 1.165) is 41.0 Å². The van der Waals surface area contributed by atoms with Gasteiger partial charge >= 0.3 is 0 Å². The van der Waals surface area contributed by atoms with Crippen molar-refractivity contribution in [3.8, 4) is 5.75 Å². The van der Waals surface area contributed by atoms with Crippen LogP contribution in [0.3, 0.4) is 0 Å². The number of ether oxygens (including phenoxy) is 1. The largest absolute Gasteiger partial charge is 0.495 e. The third kappa shape index (κ3) is 3.72. The summed E-state index contributed by atoms with van der Waals surface area (Å²) in [7, 11) is 1.74. The van der Waals surface area contributed by atoms with Crippen LogP contribution in [0.4, 0.5) is 0 Å². The summed E-state index contributed by atoms with van der Waals surface area (Å²) >= 11 is 0. The standard InChI is InChI=1S/C28H33N3O/c1-8-23-18(5)26(21-12-13-29-15-24(21)31-23)17(4)14-20-10-9-11-22-25(16(2)3)28(32-7)19(6)30-27(20)22/h9-13,15-17H,8,14H2,1-7H3. The molecule has 0 spiro atoms. The molecule has 0 saturated carbocycles.